The number of isocyanates is 1. The summed E-state index contributed by atoms with van der Waals surface area (Å²) in [5, 5.41) is 0. The number of halogens is 1. The number of hydrogen-bond acceptors (Lipinski definition) is 2. The number of hydrogen-bond donors (Lipinski definition) is 0. The molecule has 1 rings (SSSR count). The zero-order chi connectivity index (χ0) is 8.97. The van der Waals surface area contributed by atoms with Crippen LogP contribution < -0.4 is 0 Å². The van der Waals surface area contributed by atoms with Gasteiger partial charge in [-0.3, -0.25) is 0 Å². The van der Waals surface area contributed by atoms with Gasteiger partial charge in [-0.2, -0.15) is 4.99 Å². The fraction of sp³-hybridized carbons (Fsp3) is 0. The summed E-state index contributed by atoms with van der Waals surface area (Å²) in [5.41, 5.74) is 0.362. The van der Waals surface area contributed by atoms with Crippen LogP contribution in [0, 0.1) is 18.2 Å². The number of rotatable bonds is 1. The summed E-state index contributed by atoms with van der Waals surface area (Å²) in [6.45, 7) is 0. The molecular formula is C9H4FNO. The Labute approximate surface area is 68.7 Å². The van der Waals surface area contributed by atoms with Crippen molar-refractivity contribution < 1.29 is 9.18 Å². The highest BCUT2D eigenvalue weighted by Gasteiger charge is 1.99. The van der Waals surface area contributed by atoms with Crippen molar-refractivity contribution in [1.82, 2.24) is 0 Å². The number of benzene rings is 1. The van der Waals surface area contributed by atoms with Crippen molar-refractivity contribution in [2.24, 2.45) is 4.99 Å². The Balaban J connectivity index is 3.22. The number of terminal acetylenes is 1. The van der Waals surface area contributed by atoms with E-state index in [9.17, 15) is 9.18 Å². The van der Waals surface area contributed by atoms with Crippen molar-refractivity contribution in [2.75, 3.05) is 0 Å². The lowest BCUT2D eigenvalue weighted by molar-refractivity contribution is 0.564. The van der Waals surface area contributed by atoms with Crippen LogP contribution in [-0.4, -0.2) is 6.08 Å². The van der Waals surface area contributed by atoms with Gasteiger partial charge in [0, 0.05) is 5.56 Å². The van der Waals surface area contributed by atoms with Gasteiger partial charge in [-0.25, -0.2) is 9.18 Å². The highest BCUT2D eigenvalue weighted by molar-refractivity contribution is 5.51. The molecule has 58 valence electrons. The second kappa shape index (κ2) is 3.47. The van der Waals surface area contributed by atoms with Crippen LogP contribution in [0.15, 0.2) is 23.2 Å². The van der Waals surface area contributed by atoms with Gasteiger partial charge in [0.15, 0.2) is 5.82 Å². The van der Waals surface area contributed by atoms with E-state index < -0.39 is 5.82 Å². The Morgan fingerprint density at radius 3 is 2.75 bits per heavy atom. The lowest BCUT2D eigenvalue weighted by atomic mass is 10.2. The van der Waals surface area contributed by atoms with E-state index in [0.29, 0.717) is 5.56 Å². The normalized spacial score (nSPS) is 8.33. The van der Waals surface area contributed by atoms with Crippen molar-refractivity contribution in [3.8, 4) is 12.3 Å². The zero-order valence-electron chi connectivity index (χ0n) is 6.04. The van der Waals surface area contributed by atoms with Gasteiger partial charge in [0.25, 0.3) is 0 Å². The maximum absolute atomic E-state index is 12.9. The molecule has 0 atom stereocenters. The Bertz CT molecular complexity index is 386. The Kier molecular flexibility index (Phi) is 2.37. The molecule has 0 heterocycles. The first-order valence-corrected chi connectivity index (χ1v) is 3.12. The van der Waals surface area contributed by atoms with Gasteiger partial charge in [0.05, 0.1) is 0 Å². The van der Waals surface area contributed by atoms with Crippen molar-refractivity contribution in [3.05, 3.63) is 29.6 Å². The summed E-state index contributed by atoms with van der Waals surface area (Å²) >= 11 is 0. The second-order valence-corrected chi connectivity index (χ2v) is 2.01. The number of nitrogens with zero attached hydrogens (tertiary/aromatic N) is 1. The molecule has 0 aliphatic carbocycles. The maximum atomic E-state index is 12.9. The van der Waals surface area contributed by atoms with Crippen LogP contribution in [0.5, 0.6) is 0 Å². The number of carbonyl (C=O) groups excluding carboxylic acids is 1. The van der Waals surface area contributed by atoms with Gasteiger partial charge < -0.3 is 0 Å². The van der Waals surface area contributed by atoms with Crippen molar-refractivity contribution in [3.63, 3.8) is 0 Å². The van der Waals surface area contributed by atoms with Crippen molar-refractivity contribution in [2.45, 2.75) is 0 Å². The van der Waals surface area contributed by atoms with Crippen molar-refractivity contribution in [1.29, 1.82) is 0 Å². The molecular weight excluding hydrogens is 157 g/mol. The molecule has 12 heavy (non-hydrogen) atoms. The zero-order valence-corrected chi connectivity index (χ0v) is 6.04. The van der Waals surface area contributed by atoms with E-state index >= 15 is 0 Å². The molecule has 0 saturated heterocycles. The van der Waals surface area contributed by atoms with E-state index in [4.69, 9.17) is 6.42 Å². The quantitative estimate of drug-likeness (QED) is 0.350. The predicted molar refractivity (Wildman–Crippen MR) is 42.1 cm³/mol. The molecule has 0 unspecified atom stereocenters. The number of aliphatic imine (C=N–C) groups is 1. The molecule has 0 bridgehead atoms. The van der Waals surface area contributed by atoms with Crippen LogP contribution in [0.25, 0.3) is 0 Å². The van der Waals surface area contributed by atoms with Gasteiger partial charge in [-0.05, 0) is 18.2 Å². The van der Waals surface area contributed by atoms with Gasteiger partial charge in [-0.1, -0.05) is 5.92 Å². The smallest absolute Gasteiger partial charge is 0.211 e. The first-order chi connectivity index (χ1) is 5.77. The highest BCUT2D eigenvalue weighted by atomic mass is 19.1. The SMILES string of the molecule is C#Cc1ccc(N=C=O)c(F)c1. The molecule has 0 fully saturated rings. The monoisotopic (exact) mass is 161 g/mol. The summed E-state index contributed by atoms with van der Waals surface area (Å²) in [4.78, 5) is 12.9. The van der Waals surface area contributed by atoms with Gasteiger partial charge >= 0.3 is 0 Å². The fourth-order valence-corrected chi connectivity index (χ4v) is 0.737. The third kappa shape index (κ3) is 1.57. The van der Waals surface area contributed by atoms with E-state index in [1.54, 1.807) is 0 Å². The maximum Gasteiger partial charge on any atom is 0.240 e. The third-order valence-electron chi connectivity index (χ3n) is 1.28. The molecule has 0 spiro atoms. The van der Waals surface area contributed by atoms with Crippen LogP contribution in [-0.2, 0) is 4.79 Å². The van der Waals surface area contributed by atoms with E-state index in [2.05, 4.69) is 10.9 Å². The first-order valence-electron chi connectivity index (χ1n) is 3.12. The Morgan fingerprint density at radius 2 is 2.25 bits per heavy atom. The molecule has 0 N–H and O–H groups in total. The van der Waals surface area contributed by atoms with Crippen LogP contribution in [0.2, 0.25) is 0 Å². The molecule has 2 nitrogen and oxygen atoms in total. The Morgan fingerprint density at radius 1 is 1.50 bits per heavy atom. The minimum atomic E-state index is -0.617. The minimum absolute atomic E-state index is 0.0519. The fourth-order valence-electron chi connectivity index (χ4n) is 0.737. The summed E-state index contributed by atoms with van der Waals surface area (Å²) in [6.07, 6.45) is 6.26. The molecule has 3 heteroatoms. The molecule has 1 aromatic rings. The molecule has 0 radical (unpaired) electrons. The molecule has 0 aliphatic heterocycles. The molecule has 0 saturated carbocycles. The van der Waals surface area contributed by atoms with Crippen LogP contribution in [0.4, 0.5) is 10.1 Å². The second-order valence-electron chi connectivity index (χ2n) is 2.01. The third-order valence-corrected chi connectivity index (χ3v) is 1.28. The topological polar surface area (TPSA) is 29.4 Å². The molecule has 0 amide bonds. The summed E-state index contributed by atoms with van der Waals surface area (Å²) < 4.78 is 12.9. The predicted octanol–water partition coefficient (Wildman–Crippen LogP) is 1.77. The van der Waals surface area contributed by atoms with Crippen LogP contribution >= 0.6 is 0 Å². The molecule has 1 aromatic carbocycles. The molecule has 0 aliphatic rings. The summed E-state index contributed by atoms with van der Waals surface area (Å²) in [5.74, 6) is 1.64. The summed E-state index contributed by atoms with van der Waals surface area (Å²) in [6, 6.07) is 3.96. The lowest BCUT2D eigenvalue weighted by Gasteiger charge is -1.93. The highest BCUT2D eigenvalue weighted by Crippen LogP contribution is 2.17. The van der Waals surface area contributed by atoms with E-state index in [-0.39, 0.29) is 5.69 Å². The van der Waals surface area contributed by atoms with E-state index in [1.807, 2.05) is 0 Å². The van der Waals surface area contributed by atoms with Gasteiger partial charge in [0.2, 0.25) is 6.08 Å². The summed E-state index contributed by atoms with van der Waals surface area (Å²) in [7, 11) is 0. The Hall–Kier alpha value is -1.91. The van der Waals surface area contributed by atoms with Crippen LogP contribution in [0.3, 0.4) is 0 Å². The first kappa shape index (κ1) is 8.19. The van der Waals surface area contributed by atoms with Crippen LogP contribution in [0.1, 0.15) is 5.56 Å². The lowest BCUT2D eigenvalue weighted by Crippen LogP contribution is -1.78. The minimum Gasteiger partial charge on any atom is -0.211 e. The van der Waals surface area contributed by atoms with Gasteiger partial charge in [0.1, 0.15) is 5.69 Å². The average molecular weight is 161 g/mol. The largest absolute Gasteiger partial charge is 0.240 e. The standard InChI is InChI=1S/C9H4FNO/c1-2-7-3-4-9(11-6-12)8(10)5-7/h1,3-5H. The van der Waals surface area contributed by atoms with E-state index in [0.717, 1.165) is 6.07 Å². The molecule has 0 aromatic heterocycles. The van der Waals surface area contributed by atoms with Crippen molar-refractivity contribution >= 4 is 11.8 Å². The van der Waals surface area contributed by atoms with E-state index in [1.165, 1.54) is 18.2 Å². The van der Waals surface area contributed by atoms with Gasteiger partial charge in [-0.15, -0.1) is 6.42 Å². The average Bonchev–Trinajstić information content (AvgIpc) is 2.09.